The van der Waals surface area contributed by atoms with Crippen molar-refractivity contribution in [1.29, 1.82) is 0 Å². The third-order valence-corrected chi connectivity index (χ3v) is 2.15. The first-order valence-corrected chi connectivity index (χ1v) is 4.22. The maximum absolute atomic E-state index is 11.4. The Balaban J connectivity index is 3.60. The normalized spacial score (nSPS) is 10.8. The lowest BCUT2D eigenvalue weighted by atomic mass is 10.1. The van der Waals surface area contributed by atoms with Crippen molar-refractivity contribution < 1.29 is 0 Å². The summed E-state index contributed by atoms with van der Waals surface area (Å²) in [5.41, 5.74) is 0.260. The van der Waals surface area contributed by atoms with Crippen LogP contribution in [0.3, 0.4) is 0 Å². The minimum atomic E-state index is -0.267. The van der Waals surface area contributed by atoms with Crippen LogP contribution in [0.25, 0.3) is 0 Å². The first kappa shape index (κ1) is 9.77. The molecular weight excluding hydrogens is 168 g/mol. The quantitative estimate of drug-likeness (QED) is 0.623. The van der Waals surface area contributed by atoms with E-state index < -0.39 is 0 Å². The third kappa shape index (κ3) is 1.56. The molecule has 1 aromatic heterocycles. The van der Waals surface area contributed by atoms with E-state index in [1.807, 2.05) is 13.8 Å². The van der Waals surface area contributed by atoms with Crippen LogP contribution >= 0.6 is 0 Å². The molecule has 0 spiro atoms. The predicted octanol–water partition coefficient (Wildman–Crippen LogP) is 0.207. The van der Waals surface area contributed by atoms with Crippen molar-refractivity contribution in [3.8, 4) is 0 Å². The fourth-order valence-corrected chi connectivity index (χ4v) is 1.30. The number of nitrogens with zero attached hydrogens (tertiary/aromatic N) is 2. The molecule has 0 aliphatic heterocycles. The van der Waals surface area contributed by atoms with E-state index in [-0.39, 0.29) is 17.2 Å². The average molecular weight is 182 g/mol. The van der Waals surface area contributed by atoms with Crippen molar-refractivity contribution in [3.63, 3.8) is 0 Å². The van der Waals surface area contributed by atoms with Gasteiger partial charge in [0.05, 0.1) is 0 Å². The van der Waals surface area contributed by atoms with Crippen LogP contribution in [0.2, 0.25) is 0 Å². The Morgan fingerprint density at radius 1 is 1.15 bits per heavy atom. The van der Waals surface area contributed by atoms with Gasteiger partial charge in [0.15, 0.2) is 0 Å². The second-order valence-corrected chi connectivity index (χ2v) is 3.46. The predicted molar refractivity (Wildman–Crippen MR) is 51.0 cm³/mol. The average Bonchev–Trinajstić information content (AvgIpc) is 2.07. The van der Waals surface area contributed by atoms with Gasteiger partial charge in [-0.25, -0.2) is 4.79 Å². The van der Waals surface area contributed by atoms with Gasteiger partial charge in [-0.2, -0.15) is 0 Å². The van der Waals surface area contributed by atoms with E-state index in [0.29, 0.717) is 0 Å². The summed E-state index contributed by atoms with van der Waals surface area (Å²) in [7, 11) is 3.16. The summed E-state index contributed by atoms with van der Waals surface area (Å²) in [5.74, 6) is 0.187. The SMILES string of the molecule is CC(C)c1cc(=O)n(C)c(=O)n1C. The topological polar surface area (TPSA) is 44.0 Å². The van der Waals surface area contributed by atoms with E-state index in [1.165, 1.54) is 17.7 Å². The van der Waals surface area contributed by atoms with Crippen LogP contribution < -0.4 is 11.2 Å². The zero-order valence-electron chi connectivity index (χ0n) is 8.37. The van der Waals surface area contributed by atoms with Gasteiger partial charge in [0.2, 0.25) is 0 Å². The fraction of sp³-hybridized carbons (Fsp3) is 0.556. The van der Waals surface area contributed by atoms with E-state index >= 15 is 0 Å². The Labute approximate surface area is 76.4 Å². The minimum Gasteiger partial charge on any atom is -0.300 e. The monoisotopic (exact) mass is 182 g/mol. The largest absolute Gasteiger partial charge is 0.330 e. The summed E-state index contributed by atoms with van der Waals surface area (Å²) in [6, 6.07) is 1.51. The molecule has 0 aromatic carbocycles. The Morgan fingerprint density at radius 2 is 1.69 bits per heavy atom. The molecule has 0 atom stereocenters. The van der Waals surface area contributed by atoms with E-state index in [4.69, 9.17) is 0 Å². The van der Waals surface area contributed by atoms with Gasteiger partial charge in [-0.15, -0.1) is 0 Å². The molecule has 0 radical (unpaired) electrons. The lowest BCUT2D eigenvalue weighted by Gasteiger charge is -2.11. The molecule has 13 heavy (non-hydrogen) atoms. The molecule has 1 heterocycles. The summed E-state index contributed by atoms with van der Waals surface area (Å²) in [5, 5.41) is 0. The fourth-order valence-electron chi connectivity index (χ4n) is 1.30. The zero-order valence-corrected chi connectivity index (χ0v) is 8.37. The Morgan fingerprint density at radius 3 is 2.15 bits per heavy atom. The molecule has 4 heteroatoms. The lowest BCUT2D eigenvalue weighted by Crippen LogP contribution is -2.38. The van der Waals surface area contributed by atoms with Crippen LogP contribution in [0, 0.1) is 0 Å². The minimum absolute atomic E-state index is 0.187. The third-order valence-electron chi connectivity index (χ3n) is 2.15. The molecule has 0 aliphatic rings. The molecule has 72 valence electrons. The van der Waals surface area contributed by atoms with Crippen LogP contribution in [0.4, 0.5) is 0 Å². The maximum Gasteiger partial charge on any atom is 0.330 e. The van der Waals surface area contributed by atoms with Crippen molar-refractivity contribution in [2.75, 3.05) is 0 Å². The van der Waals surface area contributed by atoms with Gasteiger partial charge in [0.25, 0.3) is 5.56 Å². The second kappa shape index (κ2) is 3.20. The Kier molecular flexibility index (Phi) is 2.40. The van der Waals surface area contributed by atoms with Crippen LogP contribution in [-0.4, -0.2) is 9.13 Å². The number of hydrogen-bond acceptors (Lipinski definition) is 2. The van der Waals surface area contributed by atoms with Gasteiger partial charge >= 0.3 is 5.69 Å². The highest BCUT2D eigenvalue weighted by atomic mass is 16.2. The van der Waals surface area contributed by atoms with Gasteiger partial charge in [0.1, 0.15) is 0 Å². The molecular formula is C9H14N2O2. The molecule has 0 amide bonds. The van der Waals surface area contributed by atoms with Crippen LogP contribution in [0.5, 0.6) is 0 Å². The summed E-state index contributed by atoms with van der Waals surface area (Å²) >= 11 is 0. The first-order valence-electron chi connectivity index (χ1n) is 4.22. The smallest absolute Gasteiger partial charge is 0.300 e. The van der Waals surface area contributed by atoms with Gasteiger partial charge in [0, 0.05) is 25.9 Å². The number of rotatable bonds is 1. The molecule has 1 aromatic rings. The molecule has 0 saturated carbocycles. The summed E-state index contributed by atoms with van der Waals surface area (Å²) in [4.78, 5) is 22.7. The summed E-state index contributed by atoms with van der Waals surface area (Å²) < 4.78 is 2.61. The molecule has 0 bridgehead atoms. The second-order valence-electron chi connectivity index (χ2n) is 3.46. The van der Waals surface area contributed by atoms with E-state index in [9.17, 15) is 9.59 Å². The summed E-state index contributed by atoms with van der Waals surface area (Å²) in [6.07, 6.45) is 0. The van der Waals surface area contributed by atoms with Crippen molar-refractivity contribution in [1.82, 2.24) is 9.13 Å². The van der Waals surface area contributed by atoms with Crippen LogP contribution in [0.15, 0.2) is 15.7 Å². The van der Waals surface area contributed by atoms with Crippen molar-refractivity contribution >= 4 is 0 Å². The van der Waals surface area contributed by atoms with Crippen molar-refractivity contribution in [3.05, 3.63) is 32.6 Å². The molecule has 4 nitrogen and oxygen atoms in total. The highest BCUT2D eigenvalue weighted by Crippen LogP contribution is 2.08. The standard InChI is InChI=1S/C9H14N2O2/c1-6(2)7-5-8(12)11(4)9(13)10(7)3/h5-6H,1-4H3. The summed E-state index contributed by atoms with van der Waals surface area (Å²) in [6.45, 7) is 3.91. The Bertz CT molecular complexity index is 426. The molecule has 0 saturated heterocycles. The highest BCUT2D eigenvalue weighted by molar-refractivity contribution is 5.06. The lowest BCUT2D eigenvalue weighted by molar-refractivity contribution is 0.624. The Hall–Kier alpha value is -1.32. The van der Waals surface area contributed by atoms with Gasteiger partial charge in [-0.3, -0.25) is 9.36 Å². The highest BCUT2D eigenvalue weighted by Gasteiger charge is 2.07. The molecule has 0 unspecified atom stereocenters. The van der Waals surface area contributed by atoms with Crippen molar-refractivity contribution in [2.24, 2.45) is 14.1 Å². The molecule has 1 rings (SSSR count). The zero-order chi connectivity index (χ0) is 10.2. The first-order chi connectivity index (χ1) is 5.95. The van der Waals surface area contributed by atoms with Crippen LogP contribution in [-0.2, 0) is 14.1 Å². The van der Waals surface area contributed by atoms with E-state index in [2.05, 4.69) is 0 Å². The van der Waals surface area contributed by atoms with Gasteiger partial charge < -0.3 is 4.57 Å². The van der Waals surface area contributed by atoms with E-state index in [1.54, 1.807) is 7.05 Å². The molecule has 0 fully saturated rings. The maximum atomic E-state index is 11.4. The molecule has 0 N–H and O–H groups in total. The number of aromatic nitrogens is 2. The van der Waals surface area contributed by atoms with Crippen molar-refractivity contribution in [2.45, 2.75) is 19.8 Å². The van der Waals surface area contributed by atoms with Crippen LogP contribution in [0.1, 0.15) is 25.5 Å². The number of hydrogen-bond donors (Lipinski definition) is 0. The van der Waals surface area contributed by atoms with E-state index in [0.717, 1.165) is 10.3 Å². The molecule has 0 aliphatic carbocycles. The van der Waals surface area contributed by atoms with Gasteiger partial charge in [-0.1, -0.05) is 13.8 Å². The van der Waals surface area contributed by atoms with Gasteiger partial charge in [-0.05, 0) is 5.92 Å².